The summed E-state index contributed by atoms with van der Waals surface area (Å²) in [6.45, 7) is 1.80. The minimum absolute atomic E-state index is 0.0129. The molecule has 29 heavy (non-hydrogen) atoms. The summed E-state index contributed by atoms with van der Waals surface area (Å²) in [6.07, 6.45) is 2.69. The lowest BCUT2D eigenvalue weighted by Gasteiger charge is -2.09. The number of aromatic nitrogens is 3. The van der Waals surface area contributed by atoms with Gasteiger partial charge in [0.25, 0.3) is 0 Å². The number of Topliss-reactive ketones (excluding diaryl/α,β-unsaturated/α-hetero) is 1. The van der Waals surface area contributed by atoms with Crippen molar-refractivity contribution in [1.82, 2.24) is 14.8 Å². The van der Waals surface area contributed by atoms with Crippen LogP contribution in [-0.4, -0.2) is 32.2 Å². The van der Waals surface area contributed by atoms with Gasteiger partial charge in [-0.25, -0.2) is 0 Å². The minimum Gasteiger partial charge on any atom is -0.326 e. The van der Waals surface area contributed by atoms with Gasteiger partial charge in [-0.15, -0.1) is 10.2 Å². The number of thioether (sulfide) groups is 1. The van der Waals surface area contributed by atoms with Crippen LogP contribution >= 0.6 is 11.8 Å². The largest absolute Gasteiger partial charge is 0.326 e. The van der Waals surface area contributed by atoms with E-state index >= 15 is 0 Å². The second-order valence-electron chi connectivity index (χ2n) is 6.98. The van der Waals surface area contributed by atoms with E-state index in [9.17, 15) is 9.59 Å². The second kappa shape index (κ2) is 8.61. The molecular formula is C22H22N4O2S. The Hall–Kier alpha value is -2.93. The van der Waals surface area contributed by atoms with Crippen molar-refractivity contribution in [3.05, 3.63) is 66.0 Å². The summed E-state index contributed by atoms with van der Waals surface area (Å²) in [5.74, 6) is 1.67. The van der Waals surface area contributed by atoms with Gasteiger partial charge in [-0.3, -0.25) is 14.2 Å². The van der Waals surface area contributed by atoms with Crippen molar-refractivity contribution in [3.63, 3.8) is 0 Å². The van der Waals surface area contributed by atoms with Gasteiger partial charge in [-0.05, 0) is 49.2 Å². The van der Waals surface area contributed by atoms with Crippen LogP contribution < -0.4 is 5.32 Å². The fraction of sp³-hybridized carbons (Fsp3) is 0.273. The summed E-state index contributed by atoms with van der Waals surface area (Å²) in [6, 6.07) is 17.0. The average molecular weight is 407 g/mol. The van der Waals surface area contributed by atoms with E-state index in [0.29, 0.717) is 23.6 Å². The number of carbonyl (C=O) groups is 2. The maximum absolute atomic E-state index is 12.6. The molecule has 0 spiro atoms. The normalized spacial score (nSPS) is 13.3. The molecule has 0 saturated heterocycles. The number of amides is 1. The van der Waals surface area contributed by atoms with Crippen LogP contribution in [0.2, 0.25) is 0 Å². The molecule has 1 N–H and O–H groups in total. The molecule has 0 bridgehead atoms. The third kappa shape index (κ3) is 4.56. The van der Waals surface area contributed by atoms with Gasteiger partial charge in [0.1, 0.15) is 5.82 Å². The average Bonchev–Trinajstić information content (AvgIpc) is 3.52. The van der Waals surface area contributed by atoms with Gasteiger partial charge in [0.05, 0.1) is 5.75 Å². The summed E-state index contributed by atoms with van der Waals surface area (Å²) in [5, 5.41) is 12.3. The van der Waals surface area contributed by atoms with Gasteiger partial charge in [0.2, 0.25) is 5.91 Å². The molecule has 1 saturated carbocycles. The number of ketones is 1. The first-order chi connectivity index (χ1) is 14.2. The predicted molar refractivity (Wildman–Crippen MR) is 114 cm³/mol. The maximum atomic E-state index is 12.6. The number of anilines is 1. The van der Waals surface area contributed by atoms with Crippen LogP contribution in [-0.2, 0) is 4.79 Å². The first-order valence-electron chi connectivity index (χ1n) is 9.72. The van der Waals surface area contributed by atoms with Crippen LogP contribution in [0.5, 0.6) is 0 Å². The zero-order chi connectivity index (χ0) is 20.2. The highest BCUT2D eigenvalue weighted by Crippen LogP contribution is 2.41. The third-order valence-electron chi connectivity index (χ3n) is 4.76. The van der Waals surface area contributed by atoms with Gasteiger partial charge < -0.3 is 5.32 Å². The summed E-state index contributed by atoms with van der Waals surface area (Å²) >= 11 is 1.40. The highest BCUT2D eigenvalue weighted by molar-refractivity contribution is 7.99. The van der Waals surface area contributed by atoms with Crippen LogP contribution in [0.25, 0.3) is 5.69 Å². The Bertz CT molecular complexity index is 1010. The van der Waals surface area contributed by atoms with E-state index in [-0.39, 0.29) is 17.4 Å². The SMILES string of the molecule is CCC(=O)Nc1ccc(C(=O)CSc2nnc(C3CC3)n2-c2ccccc2)cc1. The lowest BCUT2D eigenvalue weighted by atomic mass is 10.1. The van der Waals surface area contributed by atoms with Crippen molar-refractivity contribution >= 4 is 29.1 Å². The first kappa shape index (κ1) is 19.4. The molecule has 7 heteroatoms. The summed E-state index contributed by atoms with van der Waals surface area (Å²) in [4.78, 5) is 24.1. The van der Waals surface area contributed by atoms with E-state index in [2.05, 4.69) is 20.1 Å². The fourth-order valence-electron chi connectivity index (χ4n) is 3.00. The van der Waals surface area contributed by atoms with E-state index in [0.717, 1.165) is 29.5 Å². The molecule has 0 atom stereocenters. The van der Waals surface area contributed by atoms with E-state index in [4.69, 9.17) is 0 Å². The molecular weight excluding hydrogens is 384 g/mol. The van der Waals surface area contributed by atoms with Crippen LogP contribution in [0.4, 0.5) is 5.69 Å². The molecule has 1 fully saturated rings. The molecule has 1 aromatic heterocycles. The molecule has 1 heterocycles. The number of hydrogen-bond donors (Lipinski definition) is 1. The molecule has 6 nitrogen and oxygen atoms in total. The summed E-state index contributed by atoms with van der Waals surface area (Å²) in [7, 11) is 0. The van der Waals surface area contributed by atoms with Crippen molar-refractivity contribution in [1.29, 1.82) is 0 Å². The molecule has 2 aromatic carbocycles. The Balaban J connectivity index is 1.46. The van der Waals surface area contributed by atoms with Gasteiger partial charge >= 0.3 is 0 Å². The van der Waals surface area contributed by atoms with Crippen molar-refractivity contribution in [2.24, 2.45) is 0 Å². The van der Waals surface area contributed by atoms with E-state index < -0.39 is 0 Å². The Morgan fingerprint density at radius 2 is 1.79 bits per heavy atom. The summed E-state index contributed by atoms with van der Waals surface area (Å²) in [5.41, 5.74) is 2.32. The Morgan fingerprint density at radius 3 is 2.45 bits per heavy atom. The van der Waals surface area contributed by atoms with Crippen LogP contribution in [0.3, 0.4) is 0 Å². The predicted octanol–water partition coefficient (Wildman–Crippen LogP) is 4.47. The number of para-hydroxylation sites is 1. The van der Waals surface area contributed by atoms with Crippen molar-refractivity contribution in [2.45, 2.75) is 37.3 Å². The van der Waals surface area contributed by atoms with Gasteiger partial charge in [-0.1, -0.05) is 36.9 Å². The molecule has 4 rings (SSSR count). The number of rotatable bonds is 8. The smallest absolute Gasteiger partial charge is 0.224 e. The van der Waals surface area contributed by atoms with E-state index in [1.165, 1.54) is 11.8 Å². The van der Waals surface area contributed by atoms with Crippen LogP contribution in [0.15, 0.2) is 59.8 Å². The number of benzene rings is 2. The topological polar surface area (TPSA) is 76.9 Å². The van der Waals surface area contributed by atoms with Gasteiger partial charge in [0.15, 0.2) is 10.9 Å². The standard InChI is InChI=1S/C22H22N4O2S/c1-2-20(28)23-17-12-10-15(11-13-17)19(27)14-29-22-25-24-21(16-8-9-16)26(22)18-6-4-3-5-7-18/h3-7,10-13,16H,2,8-9,14H2,1H3,(H,23,28). The number of carbonyl (C=O) groups excluding carboxylic acids is 2. The van der Waals surface area contributed by atoms with E-state index in [1.807, 2.05) is 30.3 Å². The molecule has 1 amide bonds. The first-order valence-corrected chi connectivity index (χ1v) is 10.7. The quantitative estimate of drug-likeness (QED) is 0.441. The van der Waals surface area contributed by atoms with Gasteiger partial charge in [0, 0.05) is 29.3 Å². The minimum atomic E-state index is -0.0497. The highest BCUT2D eigenvalue weighted by Gasteiger charge is 2.31. The van der Waals surface area contributed by atoms with Crippen molar-refractivity contribution in [3.8, 4) is 5.69 Å². The summed E-state index contributed by atoms with van der Waals surface area (Å²) < 4.78 is 2.07. The Morgan fingerprint density at radius 1 is 1.07 bits per heavy atom. The van der Waals surface area contributed by atoms with Crippen molar-refractivity contribution in [2.75, 3.05) is 11.1 Å². The monoisotopic (exact) mass is 406 g/mol. The number of hydrogen-bond acceptors (Lipinski definition) is 5. The Kier molecular flexibility index (Phi) is 5.76. The third-order valence-corrected chi connectivity index (χ3v) is 5.69. The fourth-order valence-corrected chi connectivity index (χ4v) is 3.86. The molecule has 0 aliphatic heterocycles. The number of nitrogens with zero attached hydrogens (tertiary/aromatic N) is 3. The molecule has 148 valence electrons. The highest BCUT2D eigenvalue weighted by atomic mass is 32.2. The van der Waals surface area contributed by atoms with Gasteiger partial charge in [-0.2, -0.15) is 0 Å². The lowest BCUT2D eigenvalue weighted by Crippen LogP contribution is -2.10. The van der Waals surface area contributed by atoms with Crippen LogP contribution in [0.1, 0.15) is 48.3 Å². The molecule has 1 aliphatic rings. The maximum Gasteiger partial charge on any atom is 0.224 e. The zero-order valence-corrected chi connectivity index (χ0v) is 17.0. The second-order valence-corrected chi connectivity index (χ2v) is 7.92. The molecule has 1 aliphatic carbocycles. The number of nitrogens with one attached hydrogen (secondary N) is 1. The van der Waals surface area contributed by atoms with E-state index in [1.54, 1.807) is 31.2 Å². The molecule has 3 aromatic rings. The zero-order valence-electron chi connectivity index (χ0n) is 16.2. The van der Waals surface area contributed by atoms with Crippen LogP contribution in [0, 0.1) is 0 Å². The molecule has 0 radical (unpaired) electrons. The Labute approximate surface area is 173 Å². The molecule has 0 unspecified atom stereocenters. The lowest BCUT2D eigenvalue weighted by molar-refractivity contribution is -0.115. The van der Waals surface area contributed by atoms with Crippen molar-refractivity contribution < 1.29 is 9.59 Å².